The third kappa shape index (κ3) is 5.59. The van der Waals surface area contributed by atoms with Gasteiger partial charge in [-0.1, -0.05) is 52.0 Å². The first-order valence-corrected chi connectivity index (χ1v) is 9.60. The molecule has 0 aliphatic rings. The van der Waals surface area contributed by atoms with Crippen molar-refractivity contribution in [3.63, 3.8) is 0 Å². The van der Waals surface area contributed by atoms with Crippen LogP contribution in [0.2, 0.25) is 0 Å². The van der Waals surface area contributed by atoms with Crippen LogP contribution in [0.4, 0.5) is 5.69 Å². The van der Waals surface area contributed by atoms with Gasteiger partial charge in [0.2, 0.25) is 0 Å². The highest BCUT2D eigenvalue weighted by molar-refractivity contribution is 6.02. The van der Waals surface area contributed by atoms with Crippen LogP contribution >= 0.6 is 0 Å². The van der Waals surface area contributed by atoms with Crippen LogP contribution in [-0.4, -0.2) is 24.6 Å². The average Bonchev–Trinajstić information content (AvgIpc) is 2.66. The summed E-state index contributed by atoms with van der Waals surface area (Å²) in [7, 11) is 0. The van der Waals surface area contributed by atoms with E-state index in [-0.39, 0.29) is 17.9 Å². The minimum Gasteiger partial charge on any atom is -0.481 e. The van der Waals surface area contributed by atoms with Crippen molar-refractivity contribution in [2.24, 2.45) is 0 Å². The van der Waals surface area contributed by atoms with Crippen LogP contribution in [-0.2, 0) is 14.9 Å². The quantitative estimate of drug-likeness (QED) is 0.687. The predicted molar refractivity (Wildman–Crippen MR) is 111 cm³/mol. The highest BCUT2D eigenvalue weighted by Gasteiger charge is 2.22. The van der Waals surface area contributed by atoms with Crippen LogP contribution in [0, 0.1) is 0 Å². The molecule has 1 amide bonds. The first-order chi connectivity index (χ1) is 13.3. The van der Waals surface area contributed by atoms with Crippen LogP contribution < -0.4 is 10.1 Å². The van der Waals surface area contributed by atoms with Gasteiger partial charge in [0, 0.05) is 0 Å². The van der Waals surface area contributed by atoms with Crippen molar-refractivity contribution in [3.8, 4) is 5.75 Å². The number of nitrogens with one attached hydrogen (secondary N) is 1. The van der Waals surface area contributed by atoms with E-state index in [1.165, 1.54) is 5.56 Å². The third-order valence-electron chi connectivity index (χ3n) is 4.34. The molecule has 1 atom stereocenters. The Bertz CT molecular complexity index is 806. The van der Waals surface area contributed by atoms with E-state index in [1.807, 2.05) is 31.2 Å². The maximum absolute atomic E-state index is 12.7. The van der Waals surface area contributed by atoms with Crippen LogP contribution in [0.3, 0.4) is 0 Å². The number of hydrogen-bond acceptors (Lipinski definition) is 4. The Balaban J connectivity index is 2.11. The van der Waals surface area contributed by atoms with E-state index in [4.69, 9.17) is 9.47 Å². The van der Waals surface area contributed by atoms with Crippen molar-refractivity contribution >= 4 is 17.6 Å². The van der Waals surface area contributed by atoms with E-state index in [1.54, 1.807) is 31.2 Å². The van der Waals surface area contributed by atoms with Gasteiger partial charge in [-0.15, -0.1) is 0 Å². The molecule has 0 fully saturated rings. The summed E-state index contributed by atoms with van der Waals surface area (Å²) in [5.41, 5.74) is 1.98. The zero-order valence-corrected chi connectivity index (χ0v) is 17.2. The van der Waals surface area contributed by atoms with Gasteiger partial charge < -0.3 is 14.8 Å². The number of para-hydroxylation sites is 1. The van der Waals surface area contributed by atoms with Gasteiger partial charge in [-0.25, -0.2) is 4.79 Å². The summed E-state index contributed by atoms with van der Waals surface area (Å²) in [5, 5.41) is 2.79. The number of rotatable bonds is 7. The minimum absolute atomic E-state index is 0.0525. The number of carbonyl (C=O) groups is 2. The van der Waals surface area contributed by atoms with Crippen molar-refractivity contribution in [2.75, 3.05) is 11.9 Å². The maximum Gasteiger partial charge on any atom is 0.340 e. The van der Waals surface area contributed by atoms with Crippen molar-refractivity contribution in [1.82, 2.24) is 0 Å². The Hall–Kier alpha value is -2.82. The third-order valence-corrected chi connectivity index (χ3v) is 4.34. The Labute approximate surface area is 167 Å². The molecule has 0 saturated heterocycles. The molecular formula is C23H29NO4. The number of esters is 1. The molecular weight excluding hydrogens is 354 g/mol. The summed E-state index contributed by atoms with van der Waals surface area (Å²) in [5.74, 6) is -0.141. The Kier molecular flexibility index (Phi) is 7.21. The van der Waals surface area contributed by atoms with E-state index < -0.39 is 12.1 Å². The van der Waals surface area contributed by atoms with E-state index in [0.29, 0.717) is 23.4 Å². The number of anilines is 1. The van der Waals surface area contributed by atoms with Crippen LogP contribution in [0.1, 0.15) is 57.0 Å². The van der Waals surface area contributed by atoms with Gasteiger partial charge in [0.25, 0.3) is 5.91 Å². The minimum atomic E-state index is -0.671. The fourth-order valence-electron chi connectivity index (χ4n) is 2.71. The molecule has 28 heavy (non-hydrogen) atoms. The number of amides is 1. The molecule has 1 unspecified atom stereocenters. The molecule has 1 N–H and O–H groups in total. The summed E-state index contributed by atoms with van der Waals surface area (Å²) in [4.78, 5) is 24.8. The highest BCUT2D eigenvalue weighted by atomic mass is 16.5. The molecule has 150 valence electrons. The molecule has 2 rings (SSSR count). The van der Waals surface area contributed by atoms with E-state index >= 15 is 0 Å². The maximum atomic E-state index is 12.7. The number of benzene rings is 2. The fourth-order valence-corrected chi connectivity index (χ4v) is 2.71. The molecule has 0 radical (unpaired) electrons. The molecule has 0 saturated carbocycles. The van der Waals surface area contributed by atoms with Crippen molar-refractivity contribution in [3.05, 3.63) is 59.7 Å². The highest BCUT2D eigenvalue weighted by Crippen LogP contribution is 2.25. The normalized spacial score (nSPS) is 12.2. The topological polar surface area (TPSA) is 64.6 Å². The Morgan fingerprint density at radius 2 is 1.64 bits per heavy atom. The average molecular weight is 383 g/mol. The first kappa shape index (κ1) is 21.5. The van der Waals surface area contributed by atoms with Crippen molar-refractivity contribution in [1.29, 1.82) is 0 Å². The molecule has 0 spiro atoms. The van der Waals surface area contributed by atoms with Gasteiger partial charge in [-0.05, 0) is 48.6 Å². The monoisotopic (exact) mass is 383 g/mol. The second-order valence-electron chi connectivity index (χ2n) is 7.54. The SMILES string of the molecule is CCOC(=O)c1ccccc1NC(=O)C(CC)Oc1ccc(C(C)(C)C)cc1. The van der Waals surface area contributed by atoms with Crippen molar-refractivity contribution in [2.45, 2.75) is 52.6 Å². The van der Waals surface area contributed by atoms with Gasteiger partial charge in [0.05, 0.1) is 17.9 Å². The molecule has 2 aromatic carbocycles. The Morgan fingerprint density at radius 3 is 2.21 bits per heavy atom. The van der Waals surface area contributed by atoms with Gasteiger partial charge in [-0.2, -0.15) is 0 Å². The fraction of sp³-hybridized carbons (Fsp3) is 0.391. The van der Waals surface area contributed by atoms with Gasteiger partial charge in [0.15, 0.2) is 6.10 Å². The molecule has 0 heterocycles. The molecule has 0 aromatic heterocycles. The lowest BCUT2D eigenvalue weighted by Gasteiger charge is -2.21. The predicted octanol–water partition coefficient (Wildman–Crippen LogP) is 4.96. The Morgan fingerprint density at radius 1 is 1.00 bits per heavy atom. The summed E-state index contributed by atoms with van der Waals surface area (Å²) in [6.45, 7) is 10.3. The lowest BCUT2D eigenvalue weighted by Crippen LogP contribution is -2.33. The van der Waals surface area contributed by atoms with Crippen LogP contribution in [0.15, 0.2) is 48.5 Å². The zero-order chi connectivity index (χ0) is 20.7. The molecule has 0 aliphatic heterocycles. The zero-order valence-electron chi connectivity index (χ0n) is 17.2. The van der Waals surface area contributed by atoms with Crippen LogP contribution in [0.5, 0.6) is 5.75 Å². The van der Waals surface area contributed by atoms with Crippen molar-refractivity contribution < 1.29 is 19.1 Å². The smallest absolute Gasteiger partial charge is 0.340 e. The lowest BCUT2D eigenvalue weighted by atomic mass is 9.87. The molecule has 5 heteroatoms. The van der Waals surface area contributed by atoms with Crippen LogP contribution in [0.25, 0.3) is 0 Å². The van der Waals surface area contributed by atoms with E-state index in [9.17, 15) is 9.59 Å². The molecule has 5 nitrogen and oxygen atoms in total. The summed E-state index contributed by atoms with van der Waals surface area (Å²) in [6, 6.07) is 14.6. The number of ether oxygens (including phenoxy) is 2. The summed E-state index contributed by atoms with van der Waals surface area (Å²) in [6.07, 6.45) is -0.176. The standard InChI is InChI=1S/C23H29NO4/c1-6-20(28-17-14-12-16(13-15-17)23(3,4)5)21(25)24-19-11-9-8-10-18(19)22(26)27-7-2/h8-15,20H,6-7H2,1-5H3,(H,24,25). The largest absolute Gasteiger partial charge is 0.481 e. The van der Waals surface area contributed by atoms with Gasteiger partial charge >= 0.3 is 5.97 Å². The lowest BCUT2D eigenvalue weighted by molar-refractivity contribution is -0.122. The summed E-state index contributed by atoms with van der Waals surface area (Å²) < 4.78 is 10.9. The molecule has 0 aliphatic carbocycles. The summed E-state index contributed by atoms with van der Waals surface area (Å²) >= 11 is 0. The second-order valence-corrected chi connectivity index (χ2v) is 7.54. The second kappa shape index (κ2) is 9.40. The molecule has 0 bridgehead atoms. The number of carbonyl (C=O) groups excluding carboxylic acids is 2. The van der Waals surface area contributed by atoms with E-state index in [0.717, 1.165) is 0 Å². The van der Waals surface area contributed by atoms with Gasteiger partial charge in [-0.3, -0.25) is 4.79 Å². The first-order valence-electron chi connectivity index (χ1n) is 9.60. The molecule has 2 aromatic rings. The number of hydrogen-bond donors (Lipinski definition) is 1. The van der Waals surface area contributed by atoms with E-state index in [2.05, 4.69) is 26.1 Å². The van der Waals surface area contributed by atoms with Gasteiger partial charge in [0.1, 0.15) is 5.75 Å².